The number of amides is 1. The fourth-order valence-corrected chi connectivity index (χ4v) is 4.05. The van der Waals surface area contributed by atoms with Crippen molar-refractivity contribution in [2.45, 2.75) is 73.8 Å². The zero-order valence-corrected chi connectivity index (χ0v) is 18.6. The number of thiazole rings is 1. The van der Waals surface area contributed by atoms with E-state index < -0.39 is 0 Å². The molecular weight excluding hydrogens is 354 g/mol. The standard InChI is InChI=1S/C22H35N3OS/c1-7-9-10-18(8-2)12-23-22(26)19-11-21(20-14-27-17(6)24-20)25(16(19)5)13-15(3)4/h11,14-15,18H,7-10,12-13H2,1-6H3,(H,23,26). The number of unbranched alkanes of at least 4 members (excludes halogenated alkanes) is 1. The molecule has 4 nitrogen and oxygen atoms in total. The fraction of sp³-hybridized carbons (Fsp3) is 0.636. The van der Waals surface area contributed by atoms with Crippen LogP contribution in [0.5, 0.6) is 0 Å². The number of carbonyl (C=O) groups is 1. The molecule has 0 radical (unpaired) electrons. The van der Waals surface area contributed by atoms with E-state index in [1.807, 2.05) is 13.0 Å². The Morgan fingerprint density at radius 3 is 2.59 bits per heavy atom. The molecule has 0 fully saturated rings. The molecular formula is C22H35N3OS. The van der Waals surface area contributed by atoms with Crippen molar-refractivity contribution in [2.24, 2.45) is 11.8 Å². The van der Waals surface area contributed by atoms with Crippen LogP contribution in [0.2, 0.25) is 0 Å². The van der Waals surface area contributed by atoms with Gasteiger partial charge in [0.15, 0.2) is 0 Å². The van der Waals surface area contributed by atoms with Gasteiger partial charge in [0.2, 0.25) is 0 Å². The molecule has 0 saturated heterocycles. The summed E-state index contributed by atoms with van der Waals surface area (Å²) in [5.41, 5.74) is 3.83. The fourth-order valence-electron chi connectivity index (χ4n) is 3.44. The number of rotatable bonds is 10. The molecule has 2 rings (SSSR count). The van der Waals surface area contributed by atoms with Crippen LogP contribution in [0.3, 0.4) is 0 Å². The molecule has 2 aromatic heterocycles. The molecule has 0 bridgehead atoms. The highest BCUT2D eigenvalue weighted by Gasteiger charge is 2.21. The maximum atomic E-state index is 12.9. The summed E-state index contributed by atoms with van der Waals surface area (Å²) in [5, 5.41) is 6.31. The maximum absolute atomic E-state index is 12.9. The third-order valence-electron chi connectivity index (χ3n) is 5.13. The van der Waals surface area contributed by atoms with Crippen molar-refractivity contribution >= 4 is 17.2 Å². The lowest BCUT2D eigenvalue weighted by molar-refractivity contribution is 0.0945. The molecule has 0 spiro atoms. The summed E-state index contributed by atoms with van der Waals surface area (Å²) in [6, 6.07) is 2.02. The van der Waals surface area contributed by atoms with E-state index in [0.717, 1.165) is 47.2 Å². The highest BCUT2D eigenvalue weighted by atomic mass is 32.1. The molecule has 1 amide bonds. The van der Waals surface area contributed by atoms with Crippen LogP contribution in [0.4, 0.5) is 0 Å². The molecule has 2 aromatic rings. The second kappa shape index (κ2) is 10.1. The zero-order valence-electron chi connectivity index (χ0n) is 17.8. The van der Waals surface area contributed by atoms with Gasteiger partial charge >= 0.3 is 0 Å². The third-order valence-corrected chi connectivity index (χ3v) is 5.91. The maximum Gasteiger partial charge on any atom is 0.253 e. The minimum atomic E-state index is 0.0400. The van der Waals surface area contributed by atoms with Crippen LogP contribution in [0.25, 0.3) is 11.4 Å². The predicted octanol–water partition coefficient (Wildman–Crippen LogP) is 5.83. The molecule has 0 aliphatic rings. The molecule has 5 heteroatoms. The third kappa shape index (κ3) is 5.68. The molecule has 0 aromatic carbocycles. The molecule has 1 unspecified atom stereocenters. The van der Waals surface area contributed by atoms with Gasteiger partial charge in [-0.25, -0.2) is 4.98 Å². The number of hydrogen-bond donors (Lipinski definition) is 1. The SMILES string of the molecule is CCCCC(CC)CNC(=O)c1cc(-c2csc(C)n2)n(CC(C)C)c1C. The van der Waals surface area contributed by atoms with Gasteiger partial charge in [-0.15, -0.1) is 11.3 Å². The number of aromatic nitrogens is 2. The van der Waals surface area contributed by atoms with Gasteiger partial charge in [-0.2, -0.15) is 0 Å². The summed E-state index contributed by atoms with van der Waals surface area (Å²) in [6.45, 7) is 14.5. The largest absolute Gasteiger partial charge is 0.352 e. The van der Waals surface area contributed by atoms with Gasteiger partial charge < -0.3 is 9.88 Å². The van der Waals surface area contributed by atoms with Crippen molar-refractivity contribution in [3.8, 4) is 11.4 Å². The van der Waals surface area contributed by atoms with E-state index in [-0.39, 0.29) is 5.91 Å². The summed E-state index contributed by atoms with van der Waals surface area (Å²) in [6.07, 6.45) is 4.73. The van der Waals surface area contributed by atoms with Crippen LogP contribution in [0.1, 0.15) is 74.4 Å². The normalized spacial score (nSPS) is 12.6. The molecule has 150 valence electrons. The zero-order chi connectivity index (χ0) is 20.0. The Labute approximate surface area is 168 Å². The van der Waals surface area contributed by atoms with Crippen molar-refractivity contribution in [3.05, 3.63) is 27.7 Å². The molecule has 1 atom stereocenters. The lowest BCUT2D eigenvalue weighted by Crippen LogP contribution is -2.29. The van der Waals surface area contributed by atoms with E-state index in [2.05, 4.69) is 54.9 Å². The number of nitrogens with zero attached hydrogens (tertiary/aromatic N) is 2. The van der Waals surface area contributed by atoms with Crippen molar-refractivity contribution in [2.75, 3.05) is 6.54 Å². The Balaban J connectivity index is 2.23. The summed E-state index contributed by atoms with van der Waals surface area (Å²) in [7, 11) is 0. The minimum absolute atomic E-state index is 0.0400. The van der Waals surface area contributed by atoms with E-state index >= 15 is 0 Å². The molecule has 1 N–H and O–H groups in total. The quantitative estimate of drug-likeness (QED) is 0.555. The van der Waals surface area contributed by atoms with Gasteiger partial charge in [0.25, 0.3) is 5.91 Å². The topological polar surface area (TPSA) is 46.9 Å². The summed E-state index contributed by atoms with van der Waals surface area (Å²) < 4.78 is 2.25. The average molecular weight is 390 g/mol. The number of nitrogens with one attached hydrogen (secondary N) is 1. The van der Waals surface area contributed by atoms with E-state index in [1.54, 1.807) is 11.3 Å². The van der Waals surface area contributed by atoms with Gasteiger partial charge in [0.1, 0.15) is 0 Å². The first-order chi connectivity index (χ1) is 12.9. The van der Waals surface area contributed by atoms with Gasteiger partial charge in [0, 0.05) is 24.2 Å². The number of carbonyl (C=O) groups excluding carboxylic acids is 1. The van der Waals surface area contributed by atoms with Gasteiger partial charge in [-0.3, -0.25) is 4.79 Å². The van der Waals surface area contributed by atoms with Crippen LogP contribution in [-0.4, -0.2) is 22.0 Å². The van der Waals surface area contributed by atoms with Gasteiger partial charge in [0.05, 0.1) is 22.0 Å². The molecule has 27 heavy (non-hydrogen) atoms. The van der Waals surface area contributed by atoms with Crippen molar-refractivity contribution in [3.63, 3.8) is 0 Å². The first kappa shape index (κ1) is 21.7. The number of aryl methyl sites for hydroxylation is 1. The Bertz CT molecular complexity index is 745. The Morgan fingerprint density at radius 1 is 1.30 bits per heavy atom. The van der Waals surface area contributed by atoms with Gasteiger partial charge in [-0.05, 0) is 38.2 Å². The lowest BCUT2D eigenvalue weighted by atomic mass is 9.99. The summed E-state index contributed by atoms with van der Waals surface area (Å²) in [5.74, 6) is 1.11. The Kier molecular flexibility index (Phi) is 8.08. The van der Waals surface area contributed by atoms with Crippen LogP contribution >= 0.6 is 11.3 Å². The van der Waals surface area contributed by atoms with E-state index in [4.69, 9.17) is 0 Å². The van der Waals surface area contributed by atoms with Crippen molar-refractivity contribution in [1.82, 2.24) is 14.9 Å². The van der Waals surface area contributed by atoms with Crippen molar-refractivity contribution < 1.29 is 4.79 Å². The molecule has 0 aliphatic carbocycles. The van der Waals surface area contributed by atoms with Crippen LogP contribution in [-0.2, 0) is 6.54 Å². The minimum Gasteiger partial charge on any atom is -0.352 e. The highest BCUT2D eigenvalue weighted by molar-refractivity contribution is 7.09. The second-order valence-corrected chi connectivity index (χ2v) is 8.97. The molecule has 0 aliphatic heterocycles. The predicted molar refractivity (Wildman–Crippen MR) is 115 cm³/mol. The van der Waals surface area contributed by atoms with Crippen molar-refractivity contribution in [1.29, 1.82) is 0 Å². The number of hydrogen-bond acceptors (Lipinski definition) is 3. The van der Waals surface area contributed by atoms with Crippen LogP contribution in [0.15, 0.2) is 11.4 Å². The first-order valence-corrected chi connectivity index (χ1v) is 11.2. The average Bonchev–Trinajstić information content (AvgIpc) is 3.19. The summed E-state index contributed by atoms with van der Waals surface area (Å²) in [4.78, 5) is 17.6. The van der Waals surface area contributed by atoms with Gasteiger partial charge in [-0.1, -0.05) is 47.0 Å². The van der Waals surface area contributed by atoms with E-state index in [1.165, 1.54) is 19.3 Å². The first-order valence-electron chi connectivity index (χ1n) is 10.3. The monoisotopic (exact) mass is 389 g/mol. The second-order valence-electron chi connectivity index (χ2n) is 7.91. The smallest absolute Gasteiger partial charge is 0.253 e. The lowest BCUT2D eigenvalue weighted by Gasteiger charge is -2.16. The Hall–Kier alpha value is -1.62. The summed E-state index contributed by atoms with van der Waals surface area (Å²) >= 11 is 1.65. The van der Waals surface area contributed by atoms with E-state index in [9.17, 15) is 4.79 Å². The highest BCUT2D eigenvalue weighted by Crippen LogP contribution is 2.28. The van der Waals surface area contributed by atoms with Crippen LogP contribution < -0.4 is 5.32 Å². The Morgan fingerprint density at radius 2 is 2.04 bits per heavy atom. The van der Waals surface area contributed by atoms with E-state index in [0.29, 0.717) is 11.8 Å². The molecule has 2 heterocycles. The molecule has 0 saturated carbocycles. The van der Waals surface area contributed by atoms with Crippen LogP contribution in [0, 0.1) is 25.7 Å².